The molecule has 6 nitrogen and oxygen atoms in total. The summed E-state index contributed by atoms with van der Waals surface area (Å²) in [5.74, 6) is -0.525. The molecule has 1 aromatic heterocycles. The molecular formula is C19H17N3O3. The lowest BCUT2D eigenvalue weighted by Gasteiger charge is -2.07. The molecule has 0 radical (unpaired) electrons. The van der Waals surface area contributed by atoms with Gasteiger partial charge in [-0.25, -0.2) is 0 Å². The number of rotatable bonds is 4. The Morgan fingerprint density at radius 1 is 1.00 bits per heavy atom. The minimum absolute atomic E-state index is 0.163. The Hall–Kier alpha value is -3.41. The minimum atomic E-state index is -0.363. The molecule has 0 saturated carbocycles. The smallest absolute Gasteiger partial charge is 0.268 e. The summed E-state index contributed by atoms with van der Waals surface area (Å²) in [4.78, 5) is 38.4. The third kappa shape index (κ3) is 3.58. The van der Waals surface area contributed by atoms with Gasteiger partial charge in [-0.1, -0.05) is 30.3 Å². The Bertz CT molecular complexity index is 991. The highest BCUT2D eigenvalue weighted by Crippen LogP contribution is 2.10. The zero-order valence-corrected chi connectivity index (χ0v) is 13.6. The summed E-state index contributed by atoms with van der Waals surface area (Å²) in [6.07, 6.45) is 0. The second-order valence-corrected chi connectivity index (χ2v) is 5.56. The van der Waals surface area contributed by atoms with Gasteiger partial charge in [-0.3, -0.25) is 14.4 Å². The van der Waals surface area contributed by atoms with Crippen molar-refractivity contribution in [2.24, 2.45) is 0 Å². The van der Waals surface area contributed by atoms with Crippen molar-refractivity contribution in [1.82, 2.24) is 15.6 Å². The van der Waals surface area contributed by atoms with E-state index < -0.39 is 0 Å². The number of pyridine rings is 1. The highest BCUT2D eigenvalue weighted by molar-refractivity contribution is 5.96. The summed E-state index contributed by atoms with van der Waals surface area (Å²) >= 11 is 0. The summed E-state index contributed by atoms with van der Waals surface area (Å²) in [7, 11) is 1.57. The van der Waals surface area contributed by atoms with Crippen LogP contribution in [-0.4, -0.2) is 23.8 Å². The number of hydrogen-bond donors (Lipinski definition) is 3. The molecule has 0 aliphatic carbocycles. The van der Waals surface area contributed by atoms with Gasteiger partial charge in [0.1, 0.15) is 5.69 Å². The van der Waals surface area contributed by atoms with Crippen LogP contribution in [0.1, 0.15) is 26.4 Å². The number of benzene rings is 2. The van der Waals surface area contributed by atoms with Gasteiger partial charge >= 0.3 is 0 Å². The van der Waals surface area contributed by atoms with E-state index in [0.717, 1.165) is 5.56 Å². The van der Waals surface area contributed by atoms with Crippen molar-refractivity contribution in [3.8, 4) is 0 Å². The van der Waals surface area contributed by atoms with Crippen LogP contribution in [0.5, 0.6) is 0 Å². The average Bonchev–Trinajstić information content (AvgIpc) is 2.65. The van der Waals surface area contributed by atoms with Crippen LogP contribution in [0.2, 0.25) is 0 Å². The fourth-order valence-electron chi connectivity index (χ4n) is 2.53. The first-order chi connectivity index (χ1) is 12.1. The van der Waals surface area contributed by atoms with E-state index in [1.807, 2.05) is 6.07 Å². The molecule has 25 heavy (non-hydrogen) atoms. The third-order valence-corrected chi connectivity index (χ3v) is 3.89. The van der Waals surface area contributed by atoms with E-state index in [0.29, 0.717) is 22.9 Å². The number of fused-ring (bicyclic) bond motifs is 1. The highest BCUT2D eigenvalue weighted by atomic mass is 16.2. The van der Waals surface area contributed by atoms with Crippen LogP contribution in [0.15, 0.2) is 59.4 Å². The van der Waals surface area contributed by atoms with Crippen LogP contribution < -0.4 is 16.2 Å². The molecule has 3 rings (SSSR count). The molecule has 3 aromatic rings. The van der Waals surface area contributed by atoms with Gasteiger partial charge in [0.25, 0.3) is 17.4 Å². The second-order valence-electron chi connectivity index (χ2n) is 5.56. The van der Waals surface area contributed by atoms with Gasteiger partial charge in [-0.15, -0.1) is 0 Å². The number of hydrogen-bond acceptors (Lipinski definition) is 3. The van der Waals surface area contributed by atoms with Gasteiger partial charge in [0.2, 0.25) is 0 Å². The van der Waals surface area contributed by atoms with Gasteiger partial charge < -0.3 is 15.6 Å². The first kappa shape index (κ1) is 16.4. The zero-order valence-electron chi connectivity index (χ0n) is 13.6. The van der Waals surface area contributed by atoms with E-state index in [4.69, 9.17) is 0 Å². The number of aromatic nitrogens is 1. The summed E-state index contributed by atoms with van der Waals surface area (Å²) < 4.78 is 0. The Labute approximate surface area is 143 Å². The van der Waals surface area contributed by atoms with Crippen LogP contribution in [0, 0.1) is 0 Å². The number of carbonyl (C=O) groups is 2. The summed E-state index contributed by atoms with van der Waals surface area (Å²) in [6.45, 7) is 0.293. The number of H-pyrrole nitrogens is 1. The maximum atomic E-state index is 12.3. The van der Waals surface area contributed by atoms with Crippen molar-refractivity contribution in [3.05, 3.63) is 81.8 Å². The Morgan fingerprint density at radius 2 is 1.72 bits per heavy atom. The van der Waals surface area contributed by atoms with Crippen LogP contribution in [0.25, 0.3) is 10.8 Å². The van der Waals surface area contributed by atoms with Crippen molar-refractivity contribution < 1.29 is 9.59 Å². The van der Waals surface area contributed by atoms with Crippen molar-refractivity contribution >= 4 is 22.6 Å². The lowest BCUT2D eigenvalue weighted by molar-refractivity contribution is 0.0942. The maximum Gasteiger partial charge on any atom is 0.268 e. The number of carbonyl (C=O) groups excluding carboxylic acids is 2. The first-order valence-corrected chi connectivity index (χ1v) is 7.80. The molecule has 1 heterocycles. The number of nitrogens with one attached hydrogen (secondary N) is 3. The number of aromatic amines is 1. The molecule has 0 saturated heterocycles. The largest absolute Gasteiger partial charge is 0.355 e. The van der Waals surface area contributed by atoms with Gasteiger partial charge in [-0.2, -0.15) is 0 Å². The Balaban J connectivity index is 1.72. The monoisotopic (exact) mass is 335 g/mol. The van der Waals surface area contributed by atoms with Gasteiger partial charge in [-0.05, 0) is 35.2 Å². The number of amides is 2. The summed E-state index contributed by atoms with van der Waals surface area (Å²) in [6, 6.07) is 15.7. The quantitative estimate of drug-likeness (QED) is 0.679. The fraction of sp³-hybridized carbons (Fsp3) is 0.105. The predicted molar refractivity (Wildman–Crippen MR) is 95.6 cm³/mol. The Morgan fingerprint density at radius 3 is 2.44 bits per heavy atom. The topological polar surface area (TPSA) is 91.1 Å². The molecule has 0 bridgehead atoms. The van der Waals surface area contributed by atoms with Gasteiger partial charge in [0, 0.05) is 24.5 Å². The van der Waals surface area contributed by atoms with Gasteiger partial charge in [0.05, 0.1) is 0 Å². The molecule has 0 fully saturated rings. The van der Waals surface area contributed by atoms with Crippen molar-refractivity contribution in [3.63, 3.8) is 0 Å². The molecule has 0 aliphatic heterocycles. The van der Waals surface area contributed by atoms with Gasteiger partial charge in [0.15, 0.2) is 0 Å². The normalized spacial score (nSPS) is 10.4. The predicted octanol–water partition coefficient (Wildman–Crippen LogP) is 1.82. The molecule has 0 spiro atoms. The van der Waals surface area contributed by atoms with Crippen molar-refractivity contribution in [2.45, 2.75) is 6.54 Å². The maximum absolute atomic E-state index is 12.3. The molecule has 6 heteroatoms. The van der Waals surface area contributed by atoms with E-state index >= 15 is 0 Å². The first-order valence-electron chi connectivity index (χ1n) is 7.80. The highest BCUT2D eigenvalue weighted by Gasteiger charge is 2.09. The van der Waals surface area contributed by atoms with Crippen LogP contribution in [0.3, 0.4) is 0 Å². The second kappa shape index (κ2) is 7.00. The van der Waals surface area contributed by atoms with E-state index in [1.165, 1.54) is 0 Å². The average molecular weight is 335 g/mol. The summed E-state index contributed by atoms with van der Waals surface area (Å²) in [5.41, 5.74) is 1.32. The Kier molecular flexibility index (Phi) is 4.61. The molecule has 2 aromatic carbocycles. The summed E-state index contributed by atoms with van der Waals surface area (Å²) in [5, 5.41) is 6.57. The molecule has 3 N–H and O–H groups in total. The van der Waals surface area contributed by atoms with Crippen LogP contribution in [-0.2, 0) is 6.54 Å². The third-order valence-electron chi connectivity index (χ3n) is 3.89. The fourth-order valence-corrected chi connectivity index (χ4v) is 2.53. The molecule has 0 unspecified atom stereocenters. The van der Waals surface area contributed by atoms with Crippen molar-refractivity contribution in [2.75, 3.05) is 7.05 Å². The lowest BCUT2D eigenvalue weighted by Crippen LogP contribution is -2.26. The molecule has 0 atom stereocenters. The van der Waals surface area contributed by atoms with Crippen molar-refractivity contribution in [1.29, 1.82) is 0 Å². The minimum Gasteiger partial charge on any atom is -0.355 e. The lowest BCUT2D eigenvalue weighted by atomic mass is 10.1. The van der Waals surface area contributed by atoms with Crippen LogP contribution in [0.4, 0.5) is 0 Å². The molecule has 0 aliphatic rings. The SMILES string of the molecule is CNC(=O)c1ccc(CNC(=O)c2cc3ccccc3c(=O)[nH]2)cc1. The standard InChI is InChI=1S/C19H17N3O3/c1-20-17(23)13-8-6-12(7-9-13)11-21-19(25)16-10-14-4-2-3-5-15(14)18(24)22-16/h2-10H,11H2,1H3,(H,20,23)(H,21,25)(H,22,24). The molecule has 2 amide bonds. The zero-order chi connectivity index (χ0) is 17.8. The van der Waals surface area contributed by atoms with Crippen LogP contribution >= 0.6 is 0 Å². The molecule has 126 valence electrons. The van der Waals surface area contributed by atoms with E-state index in [9.17, 15) is 14.4 Å². The van der Waals surface area contributed by atoms with E-state index in [-0.39, 0.29) is 23.1 Å². The van der Waals surface area contributed by atoms with E-state index in [2.05, 4.69) is 15.6 Å². The molecular weight excluding hydrogens is 318 g/mol. The van der Waals surface area contributed by atoms with E-state index in [1.54, 1.807) is 55.6 Å².